The van der Waals surface area contributed by atoms with Crippen LogP contribution in [0.1, 0.15) is 38.9 Å². The Morgan fingerprint density at radius 3 is 2.43 bits per heavy atom. The maximum atomic E-state index is 12.5. The van der Waals surface area contributed by atoms with E-state index in [0.717, 1.165) is 21.8 Å². The highest BCUT2D eigenvalue weighted by atomic mass is 16.2. The topological polar surface area (TPSA) is 83.8 Å². The van der Waals surface area contributed by atoms with E-state index in [1.807, 2.05) is 35.9 Å². The molecule has 0 aliphatic carbocycles. The number of nitrogens with one attached hydrogen (secondary N) is 1. The zero-order valence-corrected chi connectivity index (χ0v) is 15.7. The number of pyridine rings is 1. The number of nitrogens with zero attached hydrogens (tertiary/aromatic N) is 3. The van der Waals surface area contributed by atoms with Crippen LogP contribution in [-0.4, -0.2) is 44.6 Å². The molecule has 3 heterocycles. The first-order valence-electron chi connectivity index (χ1n) is 9.14. The van der Waals surface area contributed by atoms with Crippen LogP contribution < -0.4 is 5.32 Å². The number of aromatic nitrogens is 2. The summed E-state index contributed by atoms with van der Waals surface area (Å²) in [6.07, 6.45) is 4.48. The fourth-order valence-electron chi connectivity index (χ4n) is 3.41. The molecule has 1 atom stereocenters. The highest BCUT2D eigenvalue weighted by Gasteiger charge is 2.40. The Hall–Kier alpha value is -3.48. The van der Waals surface area contributed by atoms with Gasteiger partial charge in [0.2, 0.25) is 5.91 Å². The molecule has 0 saturated carbocycles. The summed E-state index contributed by atoms with van der Waals surface area (Å²) in [4.78, 5) is 43.0. The van der Waals surface area contributed by atoms with E-state index in [-0.39, 0.29) is 5.91 Å². The molecule has 1 aliphatic rings. The van der Waals surface area contributed by atoms with Gasteiger partial charge in [-0.15, -0.1) is 0 Å². The van der Waals surface area contributed by atoms with Crippen molar-refractivity contribution in [3.8, 4) is 0 Å². The zero-order valence-electron chi connectivity index (χ0n) is 15.7. The number of carbonyl (C=O) groups is 3. The summed E-state index contributed by atoms with van der Waals surface area (Å²) in [7, 11) is 0. The number of carbonyl (C=O) groups excluding carboxylic acids is 3. The number of amides is 3. The highest BCUT2D eigenvalue weighted by molar-refractivity contribution is 6.22. The average Bonchev–Trinajstić information content (AvgIpc) is 3.19. The third-order valence-electron chi connectivity index (χ3n) is 4.92. The van der Waals surface area contributed by atoms with Crippen molar-refractivity contribution in [1.82, 2.24) is 19.6 Å². The molecular formula is C21H20N4O3. The van der Waals surface area contributed by atoms with E-state index in [2.05, 4.69) is 10.3 Å². The van der Waals surface area contributed by atoms with E-state index in [1.54, 1.807) is 31.2 Å². The normalized spacial score (nSPS) is 14.4. The molecule has 28 heavy (non-hydrogen) atoms. The number of rotatable bonds is 5. The van der Waals surface area contributed by atoms with Crippen LogP contribution in [0.25, 0.3) is 5.65 Å². The molecule has 0 spiro atoms. The molecule has 1 aliphatic heterocycles. The largest absolute Gasteiger partial charge is 0.354 e. The number of hydrogen-bond acceptors (Lipinski definition) is 4. The van der Waals surface area contributed by atoms with E-state index in [4.69, 9.17) is 0 Å². The molecule has 0 fully saturated rings. The Balaban J connectivity index is 1.38. The van der Waals surface area contributed by atoms with Gasteiger partial charge in [0.15, 0.2) is 0 Å². The van der Waals surface area contributed by atoms with Gasteiger partial charge in [-0.3, -0.25) is 19.3 Å². The first-order chi connectivity index (χ1) is 13.5. The fourth-order valence-corrected chi connectivity index (χ4v) is 3.41. The molecule has 1 N–H and O–H groups in total. The molecule has 1 unspecified atom stereocenters. The van der Waals surface area contributed by atoms with E-state index >= 15 is 0 Å². The molecule has 0 saturated heterocycles. The lowest BCUT2D eigenvalue weighted by Crippen LogP contribution is -2.48. The van der Waals surface area contributed by atoms with E-state index in [0.29, 0.717) is 24.1 Å². The minimum Gasteiger partial charge on any atom is -0.354 e. The van der Waals surface area contributed by atoms with Gasteiger partial charge in [0.1, 0.15) is 11.7 Å². The highest BCUT2D eigenvalue weighted by Crippen LogP contribution is 2.24. The Kier molecular flexibility index (Phi) is 4.43. The van der Waals surface area contributed by atoms with Gasteiger partial charge in [0, 0.05) is 25.4 Å². The summed E-state index contributed by atoms with van der Waals surface area (Å²) in [6, 6.07) is 9.68. The molecule has 7 nitrogen and oxygen atoms in total. The first-order valence-corrected chi connectivity index (χ1v) is 9.14. The van der Waals surface area contributed by atoms with Crippen LogP contribution in [0.5, 0.6) is 0 Å². The van der Waals surface area contributed by atoms with Gasteiger partial charge >= 0.3 is 0 Å². The van der Waals surface area contributed by atoms with Crippen LogP contribution in [0.2, 0.25) is 0 Å². The lowest BCUT2D eigenvalue weighted by Gasteiger charge is -2.21. The molecule has 3 amide bonds. The molecule has 2 aromatic heterocycles. The minimum atomic E-state index is -0.879. The average molecular weight is 376 g/mol. The summed E-state index contributed by atoms with van der Waals surface area (Å²) < 4.78 is 1.95. The van der Waals surface area contributed by atoms with Crippen molar-refractivity contribution in [2.45, 2.75) is 26.3 Å². The van der Waals surface area contributed by atoms with Crippen molar-refractivity contribution >= 4 is 23.4 Å². The van der Waals surface area contributed by atoms with Crippen LogP contribution in [0, 0.1) is 6.92 Å². The van der Waals surface area contributed by atoms with E-state index in [1.165, 1.54) is 0 Å². The van der Waals surface area contributed by atoms with Crippen molar-refractivity contribution in [3.63, 3.8) is 0 Å². The van der Waals surface area contributed by atoms with Crippen LogP contribution in [0.4, 0.5) is 0 Å². The third kappa shape index (κ3) is 3.05. The predicted molar refractivity (Wildman–Crippen MR) is 103 cm³/mol. The maximum Gasteiger partial charge on any atom is 0.262 e. The van der Waals surface area contributed by atoms with Crippen molar-refractivity contribution in [1.29, 1.82) is 0 Å². The number of aryl methyl sites for hydroxylation is 1. The summed E-state index contributed by atoms with van der Waals surface area (Å²) >= 11 is 0. The molecule has 4 rings (SSSR count). The standard InChI is InChI=1S/C21H20N4O3/c1-13-7-8-18-23-15(12-24(18)11-13)9-10-22-19(26)14(2)25-20(27)16-5-3-4-6-17(16)21(25)28/h3-8,11-12,14H,9-10H2,1-2H3,(H,22,26). The number of fused-ring (bicyclic) bond motifs is 2. The van der Waals surface area contributed by atoms with Crippen LogP contribution in [-0.2, 0) is 11.2 Å². The monoisotopic (exact) mass is 376 g/mol. The Labute approximate surface area is 162 Å². The molecule has 7 heteroatoms. The summed E-state index contributed by atoms with van der Waals surface area (Å²) in [6.45, 7) is 3.94. The lowest BCUT2D eigenvalue weighted by atomic mass is 10.1. The number of imide groups is 1. The maximum absolute atomic E-state index is 12.5. The quantitative estimate of drug-likeness (QED) is 0.690. The van der Waals surface area contributed by atoms with Gasteiger partial charge in [-0.05, 0) is 37.6 Å². The minimum absolute atomic E-state index is 0.340. The Bertz CT molecular complexity index is 1070. The van der Waals surface area contributed by atoms with Gasteiger partial charge in [-0.2, -0.15) is 0 Å². The van der Waals surface area contributed by atoms with E-state index in [9.17, 15) is 14.4 Å². The molecule has 0 bridgehead atoms. The lowest BCUT2D eigenvalue weighted by molar-refractivity contribution is -0.124. The molecular weight excluding hydrogens is 356 g/mol. The second kappa shape index (κ2) is 6.92. The SMILES string of the molecule is Cc1ccc2nc(CCNC(=O)C(C)N3C(=O)c4ccccc4C3=O)cn2c1. The van der Waals surface area contributed by atoms with Gasteiger partial charge in [0.25, 0.3) is 11.8 Å². The summed E-state index contributed by atoms with van der Waals surface area (Å²) in [5.74, 6) is -1.23. The summed E-state index contributed by atoms with van der Waals surface area (Å²) in [5.41, 5.74) is 3.53. The summed E-state index contributed by atoms with van der Waals surface area (Å²) in [5, 5.41) is 2.80. The predicted octanol–water partition coefficient (Wildman–Crippen LogP) is 1.99. The van der Waals surface area contributed by atoms with Crippen molar-refractivity contribution in [2.75, 3.05) is 6.54 Å². The van der Waals surface area contributed by atoms with Crippen molar-refractivity contribution in [3.05, 3.63) is 71.2 Å². The van der Waals surface area contributed by atoms with Crippen LogP contribution in [0.15, 0.2) is 48.8 Å². The smallest absolute Gasteiger partial charge is 0.262 e. The van der Waals surface area contributed by atoms with Gasteiger partial charge < -0.3 is 9.72 Å². The Morgan fingerprint density at radius 2 is 1.75 bits per heavy atom. The molecule has 0 radical (unpaired) electrons. The first kappa shape index (κ1) is 17.9. The van der Waals surface area contributed by atoms with Crippen LogP contribution >= 0.6 is 0 Å². The number of hydrogen-bond donors (Lipinski definition) is 1. The zero-order chi connectivity index (χ0) is 19.8. The second-order valence-electron chi connectivity index (χ2n) is 6.95. The van der Waals surface area contributed by atoms with Gasteiger partial charge in [0.05, 0.1) is 16.8 Å². The molecule has 3 aromatic rings. The van der Waals surface area contributed by atoms with Gasteiger partial charge in [-0.25, -0.2) is 4.98 Å². The fraction of sp³-hybridized carbons (Fsp3) is 0.238. The van der Waals surface area contributed by atoms with Gasteiger partial charge in [-0.1, -0.05) is 18.2 Å². The van der Waals surface area contributed by atoms with Crippen molar-refractivity contribution < 1.29 is 14.4 Å². The molecule has 1 aromatic carbocycles. The third-order valence-corrected chi connectivity index (χ3v) is 4.92. The van der Waals surface area contributed by atoms with Crippen molar-refractivity contribution in [2.24, 2.45) is 0 Å². The van der Waals surface area contributed by atoms with E-state index < -0.39 is 17.9 Å². The number of imidazole rings is 1. The van der Waals surface area contributed by atoms with Crippen LogP contribution in [0.3, 0.4) is 0 Å². The molecule has 142 valence electrons. The Morgan fingerprint density at radius 1 is 1.07 bits per heavy atom. The second-order valence-corrected chi connectivity index (χ2v) is 6.95. The number of benzene rings is 1.